The highest BCUT2D eigenvalue weighted by Crippen LogP contribution is 2.20. The first-order chi connectivity index (χ1) is 13.9. The highest BCUT2D eigenvalue weighted by atomic mass is 32.1. The van der Waals surface area contributed by atoms with E-state index in [0.717, 1.165) is 19.3 Å². The smallest absolute Gasteiger partial charge is 0.254 e. The molecule has 158 valence electrons. The summed E-state index contributed by atoms with van der Waals surface area (Å²) in [4.78, 5) is 38.9. The molecule has 1 aliphatic heterocycles. The molecule has 9 heteroatoms. The highest BCUT2D eigenvalue weighted by molar-refractivity contribution is 7.80. The second-order valence-corrected chi connectivity index (χ2v) is 7.09. The number of likely N-dealkylation sites (N-methyl/N-ethyl adjacent to an activating group) is 1. The van der Waals surface area contributed by atoms with E-state index in [9.17, 15) is 14.4 Å². The lowest BCUT2D eigenvalue weighted by Crippen LogP contribution is -2.49. The number of carbonyl (C=O) groups excluding carboxylic acids is 3. The Morgan fingerprint density at radius 1 is 1.14 bits per heavy atom. The number of hydrogen-bond donors (Lipinski definition) is 2. The fourth-order valence-electron chi connectivity index (χ4n) is 3.03. The molecule has 0 bridgehead atoms. The summed E-state index contributed by atoms with van der Waals surface area (Å²) in [6.45, 7) is 4.23. The van der Waals surface area contributed by atoms with Gasteiger partial charge in [0.15, 0.2) is 5.11 Å². The van der Waals surface area contributed by atoms with Gasteiger partial charge >= 0.3 is 0 Å². The van der Waals surface area contributed by atoms with Crippen molar-refractivity contribution in [2.75, 3.05) is 19.0 Å². The van der Waals surface area contributed by atoms with Crippen molar-refractivity contribution in [1.29, 1.82) is 0 Å². The maximum atomic E-state index is 12.7. The molecule has 2 N–H and O–H groups in total. The van der Waals surface area contributed by atoms with Gasteiger partial charge in [-0.2, -0.15) is 0 Å². The number of benzene rings is 1. The molecule has 2 rings (SSSR count). The molecule has 1 aromatic carbocycles. The minimum absolute atomic E-state index is 0.128. The number of hydrazine groups is 1. The molecule has 3 amide bonds. The lowest BCUT2D eigenvalue weighted by molar-refractivity contribution is -0.132. The predicted molar refractivity (Wildman–Crippen MR) is 114 cm³/mol. The molecule has 8 nitrogen and oxygen atoms in total. The van der Waals surface area contributed by atoms with Gasteiger partial charge in [-0.3, -0.25) is 24.7 Å². The van der Waals surface area contributed by atoms with E-state index < -0.39 is 6.04 Å². The zero-order valence-electron chi connectivity index (χ0n) is 17.1. The van der Waals surface area contributed by atoms with Gasteiger partial charge in [-0.15, -0.1) is 0 Å². The fourth-order valence-corrected chi connectivity index (χ4v) is 3.42. The van der Waals surface area contributed by atoms with Gasteiger partial charge in [-0.25, -0.2) is 5.01 Å². The van der Waals surface area contributed by atoms with Crippen LogP contribution in [0.1, 0.15) is 46.0 Å². The molecule has 1 heterocycles. The summed E-state index contributed by atoms with van der Waals surface area (Å²) in [6, 6.07) is 6.02. The summed E-state index contributed by atoms with van der Waals surface area (Å²) in [5.41, 5.74) is 3.30. The molecule has 1 aromatic rings. The number of anilines is 1. The van der Waals surface area contributed by atoms with Crippen LogP contribution < -0.4 is 15.5 Å². The van der Waals surface area contributed by atoms with E-state index in [1.54, 1.807) is 38.3 Å². The van der Waals surface area contributed by atoms with Crippen molar-refractivity contribution < 1.29 is 19.1 Å². The molecule has 0 aromatic heterocycles. The lowest BCUT2D eigenvalue weighted by atomic mass is 10.1. The average molecular weight is 421 g/mol. The Hall–Kier alpha value is -2.68. The normalized spacial score (nSPS) is 16.2. The van der Waals surface area contributed by atoms with E-state index in [1.165, 1.54) is 9.91 Å². The van der Waals surface area contributed by atoms with Crippen LogP contribution in [0.5, 0.6) is 5.75 Å². The summed E-state index contributed by atoms with van der Waals surface area (Å²) >= 11 is 5.35. The van der Waals surface area contributed by atoms with E-state index in [2.05, 4.69) is 17.7 Å². The van der Waals surface area contributed by atoms with Crippen molar-refractivity contribution in [3.63, 3.8) is 0 Å². The Balaban J connectivity index is 2.04. The van der Waals surface area contributed by atoms with Gasteiger partial charge in [0.05, 0.1) is 13.5 Å². The Morgan fingerprint density at radius 3 is 2.41 bits per heavy atom. The zero-order chi connectivity index (χ0) is 21.4. The summed E-state index contributed by atoms with van der Waals surface area (Å²) in [5, 5.41) is 4.32. The zero-order valence-corrected chi connectivity index (χ0v) is 17.9. The third-order valence-corrected chi connectivity index (χ3v) is 5.04. The number of amides is 3. The topological polar surface area (TPSA) is 91.0 Å². The number of hydrogen-bond acceptors (Lipinski definition) is 5. The fraction of sp³-hybridized carbons (Fsp3) is 0.500. The van der Waals surface area contributed by atoms with Crippen molar-refractivity contribution in [3.8, 4) is 5.75 Å². The summed E-state index contributed by atoms with van der Waals surface area (Å²) in [5.74, 6) is -0.183. The molecule has 1 saturated heterocycles. The molecule has 29 heavy (non-hydrogen) atoms. The Morgan fingerprint density at radius 2 is 1.83 bits per heavy atom. The first-order valence-electron chi connectivity index (χ1n) is 9.79. The van der Waals surface area contributed by atoms with Crippen molar-refractivity contribution >= 4 is 40.7 Å². The maximum absolute atomic E-state index is 12.7. The monoisotopic (exact) mass is 420 g/mol. The molecule has 0 aliphatic carbocycles. The van der Waals surface area contributed by atoms with Gasteiger partial charge in [-0.1, -0.05) is 19.8 Å². The second kappa shape index (κ2) is 10.8. The summed E-state index contributed by atoms with van der Waals surface area (Å²) in [6.07, 6.45) is 2.93. The van der Waals surface area contributed by atoms with Crippen LogP contribution in [0.4, 0.5) is 5.69 Å². The maximum Gasteiger partial charge on any atom is 0.254 e. The van der Waals surface area contributed by atoms with Crippen LogP contribution in [-0.4, -0.2) is 52.4 Å². The van der Waals surface area contributed by atoms with E-state index in [0.29, 0.717) is 24.4 Å². The van der Waals surface area contributed by atoms with Crippen molar-refractivity contribution in [2.24, 2.45) is 0 Å². The quantitative estimate of drug-likeness (QED) is 0.446. The van der Waals surface area contributed by atoms with Gasteiger partial charge in [0.25, 0.3) is 5.91 Å². The predicted octanol–water partition coefficient (Wildman–Crippen LogP) is 2.45. The standard InChI is InChI=1S/C20H28N4O4S/c1-4-6-7-8-17(25)22-24-16(19(27)23(5-2)20(24)29)13-18(26)21-14-9-11-15(28-3)12-10-14/h9-12,16H,4-8,13H2,1-3H3,(H,21,26)(H,22,25). The van der Waals surface area contributed by atoms with Crippen molar-refractivity contribution in [2.45, 2.75) is 52.0 Å². The molecule has 1 unspecified atom stereocenters. The highest BCUT2D eigenvalue weighted by Gasteiger charge is 2.43. The molecular formula is C20H28N4O4S. The molecular weight excluding hydrogens is 392 g/mol. The summed E-state index contributed by atoms with van der Waals surface area (Å²) in [7, 11) is 1.56. The third-order valence-electron chi connectivity index (χ3n) is 4.62. The summed E-state index contributed by atoms with van der Waals surface area (Å²) < 4.78 is 5.09. The Kier molecular flexibility index (Phi) is 8.38. The first kappa shape index (κ1) is 22.6. The molecule has 0 spiro atoms. The largest absolute Gasteiger partial charge is 0.497 e. The average Bonchev–Trinajstić information content (AvgIpc) is 2.92. The van der Waals surface area contributed by atoms with Gasteiger partial charge in [0, 0.05) is 18.7 Å². The van der Waals surface area contributed by atoms with Crippen LogP contribution in [-0.2, 0) is 14.4 Å². The van der Waals surface area contributed by atoms with Gasteiger partial charge in [0.1, 0.15) is 11.8 Å². The molecule has 1 atom stereocenters. The molecule has 0 saturated carbocycles. The van der Waals surface area contributed by atoms with Gasteiger partial charge < -0.3 is 10.1 Å². The number of carbonyl (C=O) groups is 3. The van der Waals surface area contributed by atoms with Crippen LogP contribution in [0.2, 0.25) is 0 Å². The SMILES string of the molecule is CCCCCC(=O)NN1C(=S)N(CC)C(=O)C1CC(=O)Nc1ccc(OC)cc1. The van der Waals surface area contributed by atoms with Crippen molar-refractivity contribution in [3.05, 3.63) is 24.3 Å². The molecule has 0 radical (unpaired) electrons. The minimum Gasteiger partial charge on any atom is -0.497 e. The first-order valence-corrected chi connectivity index (χ1v) is 10.2. The van der Waals surface area contributed by atoms with E-state index >= 15 is 0 Å². The van der Waals surface area contributed by atoms with Gasteiger partial charge in [-0.05, 0) is 49.8 Å². The van der Waals surface area contributed by atoms with Gasteiger partial charge in [0.2, 0.25) is 11.8 Å². The van der Waals surface area contributed by atoms with Crippen LogP contribution in [0.15, 0.2) is 24.3 Å². The molecule has 1 fully saturated rings. The van der Waals surface area contributed by atoms with Crippen LogP contribution >= 0.6 is 12.2 Å². The van der Waals surface area contributed by atoms with Crippen LogP contribution in [0.25, 0.3) is 0 Å². The number of thiocarbonyl (C=S) groups is 1. The molecule has 1 aliphatic rings. The Labute approximate surface area is 176 Å². The number of rotatable bonds is 10. The third kappa shape index (κ3) is 5.90. The number of nitrogens with one attached hydrogen (secondary N) is 2. The number of unbranched alkanes of at least 4 members (excludes halogenated alkanes) is 2. The van der Waals surface area contributed by atoms with Crippen molar-refractivity contribution in [1.82, 2.24) is 15.3 Å². The van der Waals surface area contributed by atoms with Crippen LogP contribution in [0, 0.1) is 0 Å². The number of ether oxygens (including phenoxy) is 1. The number of nitrogens with zero attached hydrogens (tertiary/aromatic N) is 2. The van der Waals surface area contributed by atoms with E-state index in [4.69, 9.17) is 17.0 Å². The van der Waals surface area contributed by atoms with E-state index in [-0.39, 0.29) is 29.3 Å². The lowest BCUT2D eigenvalue weighted by Gasteiger charge is -2.24. The number of methoxy groups -OCH3 is 1. The second-order valence-electron chi connectivity index (χ2n) is 6.72. The van der Waals surface area contributed by atoms with E-state index in [1.807, 2.05) is 0 Å². The minimum atomic E-state index is -0.865. The Bertz CT molecular complexity index is 753. The van der Waals surface area contributed by atoms with Crippen LogP contribution in [0.3, 0.4) is 0 Å².